The van der Waals surface area contributed by atoms with E-state index in [0.29, 0.717) is 39.0 Å². The molecule has 0 unspecified atom stereocenters. The van der Waals surface area contributed by atoms with Gasteiger partial charge in [-0.3, -0.25) is 4.98 Å². The molecule has 0 aliphatic carbocycles. The number of aromatic amines is 1. The van der Waals surface area contributed by atoms with Crippen LogP contribution in [0.1, 0.15) is 25.0 Å². The molecule has 0 atom stereocenters. The molecule has 3 aromatic rings. The molecule has 0 saturated carbocycles. The fourth-order valence-electron chi connectivity index (χ4n) is 2.29. The number of aryl methyl sites for hydroxylation is 1. The molecule has 23 heavy (non-hydrogen) atoms. The summed E-state index contributed by atoms with van der Waals surface area (Å²) in [6.45, 7) is 3.52. The van der Waals surface area contributed by atoms with Crippen LogP contribution in [0.3, 0.4) is 0 Å². The van der Waals surface area contributed by atoms with E-state index in [1.54, 1.807) is 38.2 Å². The number of imidazole rings is 1. The molecule has 0 aliphatic rings. The quantitative estimate of drug-likeness (QED) is 0.717. The summed E-state index contributed by atoms with van der Waals surface area (Å²) in [7, 11) is -5.06. The third kappa shape index (κ3) is 3.12. The number of fused-ring (bicyclic) bond motifs is 1. The smallest absolute Gasteiger partial charge is 0.166 e. The number of aromatic nitrogens is 3. The van der Waals surface area contributed by atoms with Crippen LogP contribution in [0.15, 0.2) is 29.6 Å². The molecule has 2 aromatic heterocycles. The fourth-order valence-corrected chi connectivity index (χ4v) is 3.20. The van der Waals surface area contributed by atoms with Gasteiger partial charge in [-0.1, -0.05) is 11.8 Å². The normalized spacial score (nSPS) is 15.9. The number of nitrogens with zero attached hydrogens (tertiary/aromatic N) is 2. The number of pyridine rings is 1. The van der Waals surface area contributed by atoms with Gasteiger partial charge in [0, 0.05) is 29.1 Å². The molecule has 0 spiro atoms. The lowest BCUT2D eigenvalue weighted by Gasteiger charge is -2.11. The second kappa shape index (κ2) is 6.50. The number of hydrogen-bond donors (Lipinski definition) is 1. The van der Waals surface area contributed by atoms with E-state index in [2.05, 4.69) is 15.0 Å². The van der Waals surface area contributed by atoms with Crippen molar-refractivity contribution in [3.8, 4) is 11.5 Å². The third-order valence-electron chi connectivity index (χ3n) is 3.54. The Labute approximate surface area is 147 Å². The average molecular weight is 335 g/mol. The highest BCUT2D eigenvalue weighted by Crippen LogP contribution is 2.29. The largest absolute Gasteiger partial charge is 0.497 e. The maximum absolute atomic E-state index is 7.33. The Morgan fingerprint density at radius 3 is 2.96 bits per heavy atom. The molecule has 3 rings (SSSR count). The summed E-state index contributed by atoms with van der Waals surface area (Å²) in [6, 6.07) is 4.82. The van der Waals surface area contributed by atoms with Crippen LogP contribution in [-0.2, 0) is 5.75 Å². The van der Waals surface area contributed by atoms with Crippen molar-refractivity contribution in [1.29, 1.82) is 0 Å². The summed E-state index contributed by atoms with van der Waals surface area (Å²) in [6.07, 6.45) is 1.58. The number of hydrogen-bond acceptors (Lipinski definition) is 5. The molecule has 120 valence electrons. The van der Waals surface area contributed by atoms with Crippen molar-refractivity contribution in [3.63, 3.8) is 0 Å². The molecule has 0 saturated heterocycles. The molecular formula is C17H19N3O2S. The van der Waals surface area contributed by atoms with Gasteiger partial charge in [-0.2, -0.15) is 0 Å². The monoisotopic (exact) mass is 335 g/mol. The maximum atomic E-state index is 7.33. The Hall–Kier alpha value is -2.21. The lowest BCUT2D eigenvalue weighted by atomic mass is 10.1. The van der Waals surface area contributed by atoms with Crippen LogP contribution in [0.2, 0.25) is 0 Å². The number of rotatable bonds is 5. The van der Waals surface area contributed by atoms with E-state index in [-0.39, 0.29) is 5.75 Å². The summed E-state index contributed by atoms with van der Waals surface area (Å²) >= 11 is 1.39. The lowest BCUT2D eigenvalue weighted by Crippen LogP contribution is -1.98. The van der Waals surface area contributed by atoms with Crippen LogP contribution in [0.5, 0.6) is 11.5 Å². The van der Waals surface area contributed by atoms with E-state index in [0.717, 1.165) is 5.52 Å². The second-order valence-corrected chi connectivity index (χ2v) is 6.02. The van der Waals surface area contributed by atoms with Gasteiger partial charge in [-0.15, -0.1) is 0 Å². The van der Waals surface area contributed by atoms with Crippen molar-refractivity contribution in [2.45, 2.75) is 24.8 Å². The first-order valence-corrected chi connectivity index (χ1v) is 7.85. The van der Waals surface area contributed by atoms with E-state index in [1.165, 1.54) is 11.8 Å². The standard InChI is InChI=1S/C17H19N3O2S/c1-10-8-18-15(11(2)16(10)22-4)9-23-17-19-13-6-5-12(21-3)7-14(13)20-17/h5-8H,9H2,1-4H3,(H,19,20)/i3D3,4D3. The van der Waals surface area contributed by atoms with Gasteiger partial charge in [-0.05, 0) is 26.0 Å². The number of methoxy groups -OCH3 is 2. The molecule has 0 fully saturated rings. The van der Waals surface area contributed by atoms with E-state index in [9.17, 15) is 0 Å². The molecule has 0 aliphatic heterocycles. The molecule has 1 N–H and O–H groups in total. The van der Waals surface area contributed by atoms with Gasteiger partial charge in [0.15, 0.2) is 5.16 Å². The van der Waals surface area contributed by atoms with Crippen molar-refractivity contribution in [2.24, 2.45) is 0 Å². The Kier molecular flexibility index (Phi) is 2.78. The summed E-state index contributed by atoms with van der Waals surface area (Å²) in [5.74, 6) is 0.969. The first kappa shape index (κ1) is 9.82. The van der Waals surface area contributed by atoms with Gasteiger partial charge in [0.25, 0.3) is 0 Å². The van der Waals surface area contributed by atoms with Gasteiger partial charge in [0.2, 0.25) is 0 Å². The number of H-pyrrole nitrogens is 1. The van der Waals surface area contributed by atoms with Crippen molar-refractivity contribution >= 4 is 22.8 Å². The number of nitrogens with one attached hydrogen (secondary N) is 1. The molecule has 0 amide bonds. The van der Waals surface area contributed by atoms with Gasteiger partial charge < -0.3 is 14.5 Å². The highest BCUT2D eigenvalue weighted by molar-refractivity contribution is 7.98. The summed E-state index contributed by atoms with van der Waals surface area (Å²) in [4.78, 5) is 12.0. The Bertz CT molecular complexity index is 1030. The van der Waals surface area contributed by atoms with Gasteiger partial charge in [0.05, 0.1) is 39.0 Å². The topological polar surface area (TPSA) is 60.0 Å². The zero-order valence-electron chi connectivity index (χ0n) is 18.6. The molecule has 6 heteroatoms. The Balaban J connectivity index is 1.77. The van der Waals surface area contributed by atoms with Crippen molar-refractivity contribution in [3.05, 3.63) is 41.2 Å². The molecule has 2 heterocycles. The van der Waals surface area contributed by atoms with Crippen LogP contribution in [-0.4, -0.2) is 29.0 Å². The van der Waals surface area contributed by atoms with Crippen LogP contribution in [0.4, 0.5) is 0 Å². The fraction of sp³-hybridized carbons (Fsp3) is 0.294. The zero-order chi connectivity index (χ0) is 21.4. The van der Waals surface area contributed by atoms with E-state index >= 15 is 0 Å². The molecule has 0 bridgehead atoms. The van der Waals surface area contributed by atoms with Gasteiger partial charge >= 0.3 is 0 Å². The van der Waals surface area contributed by atoms with Gasteiger partial charge in [0.1, 0.15) is 11.5 Å². The molecule has 0 radical (unpaired) electrons. The van der Waals surface area contributed by atoms with E-state index in [1.807, 2.05) is 0 Å². The minimum absolute atomic E-state index is 0.211. The van der Waals surface area contributed by atoms with E-state index < -0.39 is 14.1 Å². The second-order valence-electron chi connectivity index (χ2n) is 5.06. The highest BCUT2D eigenvalue weighted by atomic mass is 32.2. The molecule has 1 aromatic carbocycles. The minimum atomic E-state index is -2.53. The van der Waals surface area contributed by atoms with Crippen molar-refractivity contribution in [2.75, 3.05) is 14.1 Å². The minimum Gasteiger partial charge on any atom is -0.497 e. The average Bonchev–Trinajstić information content (AvgIpc) is 2.97. The first-order chi connectivity index (χ1) is 13.4. The first-order valence-electron chi connectivity index (χ1n) is 9.87. The number of benzene rings is 1. The summed E-state index contributed by atoms with van der Waals surface area (Å²) < 4.78 is 53.5. The van der Waals surface area contributed by atoms with Gasteiger partial charge in [-0.25, -0.2) is 4.98 Å². The molecule has 5 nitrogen and oxygen atoms in total. The van der Waals surface area contributed by atoms with Crippen LogP contribution >= 0.6 is 11.8 Å². The predicted molar refractivity (Wildman–Crippen MR) is 92.5 cm³/mol. The zero-order valence-corrected chi connectivity index (χ0v) is 13.5. The Morgan fingerprint density at radius 2 is 2.13 bits per heavy atom. The maximum Gasteiger partial charge on any atom is 0.166 e. The van der Waals surface area contributed by atoms with E-state index in [4.69, 9.17) is 17.7 Å². The van der Waals surface area contributed by atoms with Crippen LogP contribution in [0.25, 0.3) is 11.0 Å². The summed E-state index contributed by atoms with van der Waals surface area (Å²) in [5, 5.41) is 0.617. The Morgan fingerprint density at radius 1 is 1.26 bits per heavy atom. The van der Waals surface area contributed by atoms with Crippen LogP contribution in [0, 0.1) is 13.8 Å². The van der Waals surface area contributed by atoms with Crippen LogP contribution < -0.4 is 9.47 Å². The number of thioether (sulfide) groups is 1. The predicted octanol–water partition coefficient (Wildman–Crippen LogP) is 3.88. The molecular weight excluding hydrogens is 310 g/mol. The SMILES string of the molecule is [2H]C([2H])([2H])Oc1ccc2[nH]c(SCc3ncc(C)c(OC([2H])([2H])[2H])c3C)nc2c1. The highest BCUT2D eigenvalue weighted by Gasteiger charge is 2.11. The van der Waals surface area contributed by atoms with Crippen molar-refractivity contribution in [1.82, 2.24) is 15.0 Å². The number of ether oxygens (including phenoxy) is 2. The third-order valence-corrected chi connectivity index (χ3v) is 4.43. The van der Waals surface area contributed by atoms with Crippen molar-refractivity contribution < 1.29 is 17.7 Å². The summed E-state index contributed by atoms with van der Waals surface area (Å²) in [5.41, 5.74) is 3.32. The lowest BCUT2D eigenvalue weighted by molar-refractivity contribution is 0.407.